The molecular formula is C19H16FN3O3S. The Hall–Kier alpha value is -3.26. The van der Waals surface area contributed by atoms with Crippen molar-refractivity contribution < 1.29 is 18.7 Å². The quantitative estimate of drug-likeness (QED) is 0.670. The van der Waals surface area contributed by atoms with E-state index in [9.17, 15) is 14.0 Å². The van der Waals surface area contributed by atoms with Gasteiger partial charge in [0.15, 0.2) is 0 Å². The average Bonchev–Trinajstić information content (AvgIpc) is 3.16. The van der Waals surface area contributed by atoms with Crippen molar-refractivity contribution in [2.24, 2.45) is 0 Å². The molecule has 6 nitrogen and oxygen atoms in total. The molecule has 8 heteroatoms. The fourth-order valence-electron chi connectivity index (χ4n) is 2.28. The lowest BCUT2D eigenvalue weighted by molar-refractivity contribution is -0.114. The number of aromatic nitrogens is 1. The highest BCUT2D eigenvalue weighted by atomic mass is 32.1. The molecule has 0 spiro atoms. The largest absolute Gasteiger partial charge is 0.487 e. The van der Waals surface area contributed by atoms with Gasteiger partial charge in [0.2, 0.25) is 5.91 Å². The second-order valence-electron chi connectivity index (χ2n) is 5.63. The van der Waals surface area contributed by atoms with E-state index in [2.05, 4.69) is 15.6 Å². The SMILES string of the molecule is CC(=O)Nc1cc(NC(=O)c2cccc(OCc3cscn3)c2)ccc1F. The van der Waals surface area contributed by atoms with Crippen molar-refractivity contribution in [3.63, 3.8) is 0 Å². The van der Waals surface area contributed by atoms with Crippen LogP contribution < -0.4 is 15.4 Å². The third-order valence-corrected chi connectivity index (χ3v) is 4.14. The first-order valence-corrected chi connectivity index (χ1v) is 8.94. The number of benzene rings is 2. The standard InChI is InChI=1S/C19H16FN3O3S/c1-12(24)22-18-8-14(5-6-17(18)20)23-19(25)13-3-2-4-16(7-13)26-9-15-10-27-11-21-15/h2-8,10-11H,9H2,1H3,(H,22,24)(H,23,25). The molecule has 1 heterocycles. The number of amides is 2. The molecule has 0 radical (unpaired) electrons. The van der Waals surface area contributed by atoms with Gasteiger partial charge in [-0.2, -0.15) is 0 Å². The number of nitrogens with zero attached hydrogens (tertiary/aromatic N) is 1. The Labute approximate surface area is 159 Å². The molecule has 0 bridgehead atoms. The van der Waals surface area contributed by atoms with Crippen molar-refractivity contribution in [2.45, 2.75) is 13.5 Å². The van der Waals surface area contributed by atoms with Gasteiger partial charge >= 0.3 is 0 Å². The monoisotopic (exact) mass is 385 g/mol. The van der Waals surface area contributed by atoms with E-state index < -0.39 is 11.7 Å². The van der Waals surface area contributed by atoms with Crippen LogP contribution in [0.1, 0.15) is 23.0 Å². The third-order valence-electron chi connectivity index (χ3n) is 3.50. The minimum absolute atomic E-state index is 0.000599. The second kappa shape index (κ2) is 8.41. The van der Waals surface area contributed by atoms with Crippen molar-refractivity contribution in [2.75, 3.05) is 10.6 Å². The summed E-state index contributed by atoms with van der Waals surface area (Å²) in [6.45, 7) is 1.59. The smallest absolute Gasteiger partial charge is 0.255 e. The van der Waals surface area contributed by atoms with E-state index >= 15 is 0 Å². The molecule has 2 aromatic carbocycles. The average molecular weight is 385 g/mol. The number of halogens is 1. The van der Waals surface area contributed by atoms with Crippen LogP contribution in [-0.4, -0.2) is 16.8 Å². The van der Waals surface area contributed by atoms with Crippen molar-refractivity contribution >= 4 is 34.5 Å². The number of nitrogens with one attached hydrogen (secondary N) is 2. The van der Waals surface area contributed by atoms with Crippen LogP contribution in [-0.2, 0) is 11.4 Å². The first-order valence-electron chi connectivity index (χ1n) is 7.99. The van der Waals surface area contributed by atoms with E-state index in [0.29, 0.717) is 23.6 Å². The van der Waals surface area contributed by atoms with Crippen molar-refractivity contribution in [3.05, 3.63) is 70.4 Å². The van der Waals surface area contributed by atoms with E-state index in [1.165, 1.54) is 36.5 Å². The number of carbonyl (C=O) groups excluding carboxylic acids is 2. The van der Waals surface area contributed by atoms with Crippen LogP contribution in [0.4, 0.5) is 15.8 Å². The highest BCUT2D eigenvalue weighted by Gasteiger charge is 2.10. The van der Waals surface area contributed by atoms with Crippen molar-refractivity contribution in [1.29, 1.82) is 0 Å². The number of hydrogen-bond acceptors (Lipinski definition) is 5. The Morgan fingerprint density at radius 2 is 2.04 bits per heavy atom. The Kier molecular flexibility index (Phi) is 5.77. The molecule has 2 N–H and O–H groups in total. The summed E-state index contributed by atoms with van der Waals surface area (Å²) in [5.74, 6) is -0.828. The summed E-state index contributed by atoms with van der Waals surface area (Å²) in [6, 6.07) is 10.7. The van der Waals surface area contributed by atoms with Crippen LogP contribution in [0.3, 0.4) is 0 Å². The maximum Gasteiger partial charge on any atom is 0.255 e. The van der Waals surface area contributed by atoms with Crippen molar-refractivity contribution in [1.82, 2.24) is 4.98 Å². The van der Waals surface area contributed by atoms with Crippen LogP contribution in [0.5, 0.6) is 5.75 Å². The van der Waals surface area contributed by atoms with Gasteiger partial charge in [0.05, 0.1) is 16.9 Å². The zero-order valence-electron chi connectivity index (χ0n) is 14.4. The van der Waals surface area contributed by atoms with Crippen LogP contribution >= 0.6 is 11.3 Å². The van der Waals surface area contributed by atoms with Gasteiger partial charge in [-0.25, -0.2) is 9.37 Å². The zero-order chi connectivity index (χ0) is 19.2. The summed E-state index contributed by atoms with van der Waals surface area (Å²) in [4.78, 5) is 27.7. The van der Waals surface area contributed by atoms with Crippen LogP contribution in [0, 0.1) is 5.82 Å². The summed E-state index contributed by atoms with van der Waals surface area (Å²) in [5.41, 5.74) is 3.28. The lowest BCUT2D eigenvalue weighted by atomic mass is 10.2. The molecule has 0 saturated heterocycles. The molecule has 0 aliphatic carbocycles. The Morgan fingerprint density at radius 3 is 2.78 bits per heavy atom. The molecule has 27 heavy (non-hydrogen) atoms. The number of thiazole rings is 1. The summed E-state index contributed by atoms with van der Waals surface area (Å²) in [5, 5.41) is 6.93. The van der Waals surface area contributed by atoms with E-state index in [1.54, 1.807) is 29.8 Å². The van der Waals surface area contributed by atoms with Gasteiger partial charge in [0.1, 0.15) is 18.2 Å². The molecule has 0 unspecified atom stereocenters. The van der Waals surface area contributed by atoms with E-state index in [1.807, 2.05) is 5.38 Å². The van der Waals surface area contributed by atoms with E-state index in [0.717, 1.165) is 5.69 Å². The van der Waals surface area contributed by atoms with Gasteiger partial charge in [-0.1, -0.05) is 6.07 Å². The van der Waals surface area contributed by atoms with E-state index in [-0.39, 0.29) is 11.6 Å². The normalized spacial score (nSPS) is 10.3. The molecule has 3 aromatic rings. The molecular weight excluding hydrogens is 369 g/mol. The van der Waals surface area contributed by atoms with Crippen LogP contribution in [0.25, 0.3) is 0 Å². The number of ether oxygens (including phenoxy) is 1. The first kappa shape index (κ1) is 18.5. The highest BCUT2D eigenvalue weighted by Crippen LogP contribution is 2.21. The van der Waals surface area contributed by atoms with Crippen LogP contribution in [0.15, 0.2) is 53.4 Å². The number of carbonyl (C=O) groups is 2. The number of rotatable bonds is 6. The highest BCUT2D eigenvalue weighted by molar-refractivity contribution is 7.07. The Balaban J connectivity index is 1.69. The summed E-state index contributed by atoms with van der Waals surface area (Å²) in [7, 11) is 0. The minimum Gasteiger partial charge on any atom is -0.487 e. The summed E-state index contributed by atoms with van der Waals surface area (Å²) < 4.78 is 19.3. The van der Waals surface area contributed by atoms with Gasteiger partial charge in [0.25, 0.3) is 5.91 Å². The maximum absolute atomic E-state index is 13.7. The first-order chi connectivity index (χ1) is 13.0. The molecule has 3 rings (SSSR count). The Morgan fingerprint density at radius 1 is 1.19 bits per heavy atom. The predicted octanol–water partition coefficient (Wildman–Crippen LogP) is 4.07. The predicted molar refractivity (Wildman–Crippen MR) is 102 cm³/mol. The summed E-state index contributed by atoms with van der Waals surface area (Å²) >= 11 is 1.48. The lowest BCUT2D eigenvalue weighted by Crippen LogP contribution is -2.13. The molecule has 0 aliphatic rings. The van der Waals surface area contributed by atoms with Gasteiger partial charge in [-0.3, -0.25) is 9.59 Å². The summed E-state index contributed by atoms with van der Waals surface area (Å²) in [6.07, 6.45) is 0. The zero-order valence-corrected chi connectivity index (χ0v) is 15.2. The molecule has 0 atom stereocenters. The topological polar surface area (TPSA) is 80.3 Å². The molecule has 0 saturated carbocycles. The van der Waals surface area contributed by atoms with Crippen LogP contribution in [0.2, 0.25) is 0 Å². The molecule has 0 aliphatic heterocycles. The van der Waals surface area contributed by atoms with Crippen molar-refractivity contribution in [3.8, 4) is 5.75 Å². The number of hydrogen-bond donors (Lipinski definition) is 2. The molecule has 1 aromatic heterocycles. The molecule has 2 amide bonds. The van der Waals surface area contributed by atoms with Gasteiger partial charge < -0.3 is 15.4 Å². The fraction of sp³-hybridized carbons (Fsp3) is 0.105. The van der Waals surface area contributed by atoms with Gasteiger partial charge in [0, 0.05) is 23.6 Å². The fourth-order valence-corrected chi connectivity index (χ4v) is 2.83. The third kappa shape index (κ3) is 5.11. The van der Waals surface area contributed by atoms with Gasteiger partial charge in [-0.15, -0.1) is 11.3 Å². The van der Waals surface area contributed by atoms with E-state index in [4.69, 9.17) is 4.74 Å². The Bertz CT molecular complexity index is 961. The lowest BCUT2D eigenvalue weighted by Gasteiger charge is -2.10. The number of anilines is 2. The molecule has 138 valence electrons. The maximum atomic E-state index is 13.7. The second-order valence-corrected chi connectivity index (χ2v) is 6.34. The minimum atomic E-state index is -0.583. The van der Waals surface area contributed by atoms with Gasteiger partial charge in [-0.05, 0) is 36.4 Å². The molecule has 0 fully saturated rings.